The first-order chi connectivity index (χ1) is 21.3. The van der Waals surface area contributed by atoms with Crippen LogP contribution >= 0.6 is 0 Å². The molecule has 0 spiro atoms. The van der Waals surface area contributed by atoms with Gasteiger partial charge in [-0.05, 0) is 82.8 Å². The SMILES string of the molecule is CCCN(CCC)C(=O)[C@H](CCC(=O)NC1CCC(Nc2nc3c(c(N(C)C)n2)CCCC3)CC1)NC(=O)c1ccccc1. The van der Waals surface area contributed by atoms with Gasteiger partial charge in [0.25, 0.3) is 5.91 Å². The monoisotopic (exact) mass is 605 g/mol. The molecule has 0 aliphatic heterocycles. The van der Waals surface area contributed by atoms with Crippen LogP contribution in [0.25, 0.3) is 0 Å². The standard InChI is InChI=1S/C34H51N7O3/c1-5-22-41(23-6-2)33(44)29(37-32(43)24-12-8-7-9-13-24)20-21-30(42)35-25-16-18-26(19-17-25)36-34-38-28-15-11-10-14-27(28)31(39-34)40(3)4/h7-9,12-13,25-26,29H,5-6,10-11,14-23H2,1-4H3,(H,35,42)(H,37,43)(H,36,38,39)/t25?,26?,29-/m0/s1. The number of carbonyl (C=O) groups excluding carboxylic acids is 3. The number of aryl methyl sites for hydroxylation is 1. The van der Waals surface area contributed by atoms with Crippen molar-refractivity contribution in [1.82, 2.24) is 25.5 Å². The van der Waals surface area contributed by atoms with Gasteiger partial charge in [-0.1, -0.05) is 32.0 Å². The van der Waals surface area contributed by atoms with Gasteiger partial charge in [-0.25, -0.2) is 4.98 Å². The summed E-state index contributed by atoms with van der Waals surface area (Å²) in [4.78, 5) is 53.1. The molecule has 2 aliphatic rings. The third kappa shape index (κ3) is 9.16. The maximum atomic E-state index is 13.5. The lowest BCUT2D eigenvalue weighted by Gasteiger charge is -2.31. The molecule has 2 aromatic rings. The first kappa shape index (κ1) is 33.2. The number of nitrogens with zero attached hydrogens (tertiary/aromatic N) is 4. The Balaban J connectivity index is 1.29. The van der Waals surface area contributed by atoms with Crippen molar-refractivity contribution in [2.24, 2.45) is 0 Å². The van der Waals surface area contributed by atoms with Gasteiger partial charge in [0.1, 0.15) is 11.9 Å². The van der Waals surface area contributed by atoms with E-state index in [-0.39, 0.29) is 42.6 Å². The van der Waals surface area contributed by atoms with Crippen LogP contribution in [0.3, 0.4) is 0 Å². The van der Waals surface area contributed by atoms with Gasteiger partial charge >= 0.3 is 0 Å². The number of rotatable bonds is 14. The zero-order valence-electron chi connectivity index (χ0n) is 27.0. The lowest BCUT2D eigenvalue weighted by molar-refractivity contribution is -0.133. The number of aromatic nitrogens is 2. The second-order valence-electron chi connectivity index (χ2n) is 12.4. The van der Waals surface area contributed by atoms with E-state index in [4.69, 9.17) is 9.97 Å². The van der Waals surface area contributed by atoms with Crippen molar-refractivity contribution in [3.63, 3.8) is 0 Å². The molecule has 1 saturated carbocycles. The second-order valence-corrected chi connectivity index (χ2v) is 12.4. The zero-order valence-corrected chi connectivity index (χ0v) is 27.0. The van der Waals surface area contributed by atoms with Crippen molar-refractivity contribution in [2.45, 2.75) is 109 Å². The molecule has 1 aromatic carbocycles. The normalized spacial score (nSPS) is 18.5. The molecule has 240 valence electrons. The summed E-state index contributed by atoms with van der Waals surface area (Å²) in [5, 5.41) is 9.67. The fourth-order valence-corrected chi connectivity index (χ4v) is 6.33. The predicted molar refractivity (Wildman–Crippen MR) is 175 cm³/mol. The summed E-state index contributed by atoms with van der Waals surface area (Å²) in [6.45, 7) is 5.32. The number of hydrogen-bond acceptors (Lipinski definition) is 7. The number of hydrogen-bond donors (Lipinski definition) is 3. The Labute approximate surface area is 262 Å². The van der Waals surface area contributed by atoms with Crippen LogP contribution in [0.1, 0.15) is 99.7 Å². The predicted octanol–water partition coefficient (Wildman–Crippen LogP) is 4.49. The van der Waals surface area contributed by atoms with Gasteiger partial charge in [0.05, 0.1) is 5.69 Å². The summed E-state index contributed by atoms with van der Waals surface area (Å²) in [5.41, 5.74) is 2.95. The summed E-state index contributed by atoms with van der Waals surface area (Å²) in [7, 11) is 4.08. The highest BCUT2D eigenvalue weighted by Gasteiger charge is 2.28. The lowest BCUT2D eigenvalue weighted by Crippen LogP contribution is -2.49. The Morgan fingerprint density at radius 3 is 2.23 bits per heavy atom. The van der Waals surface area contributed by atoms with Gasteiger partial charge < -0.3 is 25.8 Å². The van der Waals surface area contributed by atoms with Crippen molar-refractivity contribution in [3.8, 4) is 0 Å². The molecule has 4 rings (SSSR count). The molecule has 0 saturated heterocycles. The van der Waals surface area contributed by atoms with Crippen molar-refractivity contribution >= 4 is 29.5 Å². The summed E-state index contributed by atoms with van der Waals surface area (Å²) in [6, 6.07) is 8.49. The van der Waals surface area contributed by atoms with Crippen molar-refractivity contribution in [3.05, 3.63) is 47.2 Å². The molecule has 44 heavy (non-hydrogen) atoms. The van der Waals surface area contributed by atoms with E-state index in [2.05, 4.69) is 20.9 Å². The van der Waals surface area contributed by atoms with E-state index < -0.39 is 6.04 Å². The summed E-state index contributed by atoms with van der Waals surface area (Å²) < 4.78 is 0. The summed E-state index contributed by atoms with van der Waals surface area (Å²) in [5.74, 6) is 1.21. The molecule has 0 unspecified atom stereocenters. The van der Waals surface area contributed by atoms with Crippen LogP contribution in [-0.2, 0) is 22.4 Å². The molecular formula is C34H51N7O3. The number of carbonyl (C=O) groups is 3. The smallest absolute Gasteiger partial charge is 0.251 e. The van der Waals surface area contributed by atoms with Crippen LogP contribution in [0, 0.1) is 0 Å². The number of nitrogens with one attached hydrogen (secondary N) is 3. The highest BCUT2D eigenvalue weighted by atomic mass is 16.2. The maximum Gasteiger partial charge on any atom is 0.251 e. The van der Waals surface area contributed by atoms with Gasteiger partial charge in [0, 0.05) is 56.8 Å². The summed E-state index contributed by atoms with van der Waals surface area (Å²) >= 11 is 0. The van der Waals surface area contributed by atoms with Crippen molar-refractivity contribution in [1.29, 1.82) is 0 Å². The molecule has 3 N–H and O–H groups in total. The van der Waals surface area contributed by atoms with Crippen LogP contribution in [0.2, 0.25) is 0 Å². The van der Waals surface area contributed by atoms with E-state index >= 15 is 0 Å². The average Bonchev–Trinajstić information content (AvgIpc) is 3.03. The minimum atomic E-state index is -0.754. The van der Waals surface area contributed by atoms with Crippen LogP contribution in [0.4, 0.5) is 11.8 Å². The quantitative estimate of drug-likeness (QED) is 0.290. The van der Waals surface area contributed by atoms with E-state index in [9.17, 15) is 14.4 Å². The Hall–Kier alpha value is -3.69. The highest BCUT2D eigenvalue weighted by Crippen LogP contribution is 2.29. The number of amides is 3. The highest BCUT2D eigenvalue weighted by molar-refractivity contribution is 5.97. The van der Waals surface area contributed by atoms with E-state index in [0.29, 0.717) is 24.6 Å². The van der Waals surface area contributed by atoms with Crippen LogP contribution in [-0.4, -0.2) is 77.9 Å². The van der Waals surface area contributed by atoms with E-state index in [1.807, 2.05) is 34.0 Å². The molecule has 3 amide bonds. The fourth-order valence-electron chi connectivity index (χ4n) is 6.33. The first-order valence-electron chi connectivity index (χ1n) is 16.6. The van der Waals surface area contributed by atoms with Crippen LogP contribution < -0.4 is 20.9 Å². The van der Waals surface area contributed by atoms with Gasteiger partial charge in [-0.2, -0.15) is 4.98 Å². The van der Waals surface area contributed by atoms with Crippen LogP contribution in [0.15, 0.2) is 30.3 Å². The molecule has 0 bridgehead atoms. The number of anilines is 2. The topological polar surface area (TPSA) is 120 Å². The second kappa shape index (κ2) is 16.4. The van der Waals surface area contributed by atoms with Gasteiger partial charge in [0.15, 0.2) is 0 Å². The van der Waals surface area contributed by atoms with Gasteiger partial charge in [0.2, 0.25) is 17.8 Å². The molecule has 10 nitrogen and oxygen atoms in total. The van der Waals surface area contributed by atoms with E-state index in [0.717, 1.165) is 57.2 Å². The lowest BCUT2D eigenvalue weighted by atomic mass is 9.91. The largest absolute Gasteiger partial charge is 0.362 e. The van der Waals surface area contributed by atoms with Gasteiger partial charge in [-0.3, -0.25) is 14.4 Å². The minimum absolute atomic E-state index is 0.0839. The van der Waals surface area contributed by atoms with Gasteiger partial charge in [-0.15, -0.1) is 0 Å². The first-order valence-corrected chi connectivity index (χ1v) is 16.6. The average molecular weight is 606 g/mol. The molecule has 1 atom stereocenters. The third-order valence-corrected chi connectivity index (χ3v) is 8.61. The molecule has 1 heterocycles. The molecular weight excluding hydrogens is 554 g/mol. The Morgan fingerprint density at radius 2 is 1.57 bits per heavy atom. The third-order valence-electron chi connectivity index (χ3n) is 8.61. The van der Waals surface area contributed by atoms with E-state index in [1.165, 1.54) is 24.1 Å². The Kier molecular flexibility index (Phi) is 12.4. The molecule has 2 aliphatic carbocycles. The van der Waals surface area contributed by atoms with E-state index in [1.54, 1.807) is 29.2 Å². The fraction of sp³-hybridized carbons (Fsp3) is 0.618. The molecule has 10 heteroatoms. The Bertz CT molecular complexity index is 1240. The number of fused-ring (bicyclic) bond motifs is 1. The maximum absolute atomic E-state index is 13.5. The van der Waals surface area contributed by atoms with Crippen LogP contribution in [0.5, 0.6) is 0 Å². The van der Waals surface area contributed by atoms with Crippen molar-refractivity contribution in [2.75, 3.05) is 37.4 Å². The zero-order chi connectivity index (χ0) is 31.5. The molecule has 0 radical (unpaired) electrons. The molecule has 1 aromatic heterocycles. The molecule has 1 fully saturated rings. The number of benzene rings is 1. The Morgan fingerprint density at radius 1 is 0.909 bits per heavy atom. The summed E-state index contributed by atoms with van der Waals surface area (Å²) in [6.07, 6.45) is 10.1. The van der Waals surface area contributed by atoms with Crippen molar-refractivity contribution < 1.29 is 14.4 Å². The minimum Gasteiger partial charge on any atom is -0.362 e.